The molecule has 176 valence electrons. The first-order valence-electron chi connectivity index (χ1n) is 12.1. The van der Waals surface area contributed by atoms with Crippen LogP contribution in [0, 0.1) is 0 Å². The van der Waals surface area contributed by atoms with Gasteiger partial charge >= 0.3 is 5.97 Å². The molecule has 0 N–H and O–H groups in total. The quantitative estimate of drug-likeness (QED) is 0.607. The van der Waals surface area contributed by atoms with Gasteiger partial charge in [0.15, 0.2) is 0 Å². The summed E-state index contributed by atoms with van der Waals surface area (Å²) < 4.78 is 5.06. The maximum Gasteiger partial charge on any atom is 0.338 e. The van der Waals surface area contributed by atoms with Gasteiger partial charge in [0.25, 0.3) is 0 Å². The second-order valence-electron chi connectivity index (χ2n) is 9.15. The van der Waals surface area contributed by atoms with Crippen molar-refractivity contribution >= 4 is 23.2 Å². The van der Waals surface area contributed by atoms with E-state index in [0.717, 1.165) is 68.0 Å². The van der Waals surface area contributed by atoms with Crippen molar-refractivity contribution < 1.29 is 14.3 Å². The average molecular weight is 469 g/mol. The number of fused-ring (bicyclic) bond motifs is 1. The van der Waals surface area contributed by atoms with Crippen molar-refractivity contribution in [1.82, 2.24) is 19.7 Å². The first-order chi connectivity index (χ1) is 16.1. The Morgan fingerprint density at radius 1 is 1.09 bits per heavy atom. The number of nitrogens with zero attached hydrogens (tertiary/aromatic N) is 4. The Morgan fingerprint density at radius 3 is 2.52 bits per heavy atom. The van der Waals surface area contributed by atoms with Gasteiger partial charge in [0.1, 0.15) is 5.01 Å². The number of aromatic nitrogens is 1. The molecule has 0 bridgehead atoms. The van der Waals surface area contributed by atoms with Crippen molar-refractivity contribution in [2.75, 3.05) is 45.9 Å². The van der Waals surface area contributed by atoms with Crippen LogP contribution >= 0.6 is 11.3 Å². The minimum Gasteiger partial charge on any atom is -0.462 e. The van der Waals surface area contributed by atoms with Crippen molar-refractivity contribution in [2.45, 2.75) is 45.2 Å². The van der Waals surface area contributed by atoms with Crippen LogP contribution in [0.4, 0.5) is 0 Å². The first-order valence-corrected chi connectivity index (χ1v) is 12.9. The number of amides is 1. The van der Waals surface area contributed by atoms with Crippen molar-refractivity contribution in [3.8, 4) is 10.6 Å². The van der Waals surface area contributed by atoms with E-state index in [2.05, 4.69) is 9.80 Å². The molecule has 1 aromatic heterocycles. The number of hydrogen-bond acceptors (Lipinski definition) is 7. The standard InChI is InChI=1S/C25H32N4O3S/c1-2-32-25(31)19-8-6-18(7-9-19)24-26-21-10-11-27(16-22(21)33-24)17-23(30)29-14-12-28(13-15-29)20-4-3-5-20/h6-9,20H,2-5,10-17H2,1H3. The second kappa shape index (κ2) is 9.91. The van der Waals surface area contributed by atoms with Crippen LogP contribution in [0.15, 0.2) is 24.3 Å². The van der Waals surface area contributed by atoms with Gasteiger partial charge in [-0.3, -0.25) is 14.6 Å². The lowest BCUT2D eigenvalue weighted by molar-refractivity contribution is -0.135. The van der Waals surface area contributed by atoms with Crippen LogP contribution in [0.2, 0.25) is 0 Å². The van der Waals surface area contributed by atoms with Crippen LogP contribution in [0.1, 0.15) is 47.1 Å². The Morgan fingerprint density at radius 2 is 1.85 bits per heavy atom. The van der Waals surface area contributed by atoms with Crippen LogP contribution in [-0.4, -0.2) is 83.5 Å². The molecule has 1 aromatic carbocycles. The molecule has 1 amide bonds. The minimum atomic E-state index is -0.299. The highest BCUT2D eigenvalue weighted by Crippen LogP contribution is 2.32. The smallest absolute Gasteiger partial charge is 0.338 e. The molecule has 8 heteroatoms. The molecule has 3 heterocycles. The van der Waals surface area contributed by atoms with Gasteiger partial charge in [-0.25, -0.2) is 9.78 Å². The summed E-state index contributed by atoms with van der Waals surface area (Å²) in [5, 5.41) is 0.968. The number of thiazole rings is 1. The largest absolute Gasteiger partial charge is 0.462 e. The summed E-state index contributed by atoms with van der Waals surface area (Å²) in [5.41, 5.74) is 2.71. The fourth-order valence-electron chi connectivity index (χ4n) is 4.85. The minimum absolute atomic E-state index is 0.256. The zero-order valence-electron chi connectivity index (χ0n) is 19.3. The maximum absolute atomic E-state index is 12.9. The molecular formula is C25H32N4O3S. The van der Waals surface area contributed by atoms with Crippen molar-refractivity contribution in [3.05, 3.63) is 40.4 Å². The lowest BCUT2D eigenvalue weighted by atomic mass is 9.91. The molecule has 2 aromatic rings. The van der Waals surface area contributed by atoms with E-state index in [1.165, 1.54) is 24.1 Å². The lowest BCUT2D eigenvalue weighted by Crippen LogP contribution is -2.55. The third-order valence-corrected chi connectivity index (χ3v) is 8.20. The lowest BCUT2D eigenvalue weighted by Gasteiger charge is -2.43. The van der Waals surface area contributed by atoms with Gasteiger partial charge in [-0.1, -0.05) is 18.6 Å². The fourth-order valence-corrected chi connectivity index (χ4v) is 6.01. The Kier molecular flexibility index (Phi) is 6.76. The average Bonchev–Trinajstić information content (AvgIpc) is 3.22. The van der Waals surface area contributed by atoms with Crippen molar-refractivity contribution in [1.29, 1.82) is 0 Å². The highest BCUT2D eigenvalue weighted by molar-refractivity contribution is 7.15. The summed E-state index contributed by atoms with van der Waals surface area (Å²) in [7, 11) is 0. The van der Waals surface area contributed by atoms with Crippen LogP contribution in [0.25, 0.3) is 10.6 Å². The van der Waals surface area contributed by atoms with Crippen molar-refractivity contribution in [3.63, 3.8) is 0 Å². The monoisotopic (exact) mass is 468 g/mol. The van der Waals surface area contributed by atoms with Gasteiger partial charge < -0.3 is 9.64 Å². The van der Waals surface area contributed by atoms with E-state index in [9.17, 15) is 9.59 Å². The normalized spacial score (nSPS) is 19.7. The van der Waals surface area contributed by atoms with Gasteiger partial charge in [0.05, 0.1) is 24.4 Å². The summed E-state index contributed by atoms with van der Waals surface area (Å²) in [6.07, 6.45) is 4.89. The molecule has 1 saturated heterocycles. The Hall–Kier alpha value is -2.29. The molecule has 7 nitrogen and oxygen atoms in total. The number of piperazine rings is 1. The molecule has 0 radical (unpaired) electrons. The molecule has 0 atom stereocenters. The molecule has 33 heavy (non-hydrogen) atoms. The number of hydrogen-bond donors (Lipinski definition) is 0. The molecule has 1 aliphatic carbocycles. The summed E-state index contributed by atoms with van der Waals surface area (Å²) in [4.78, 5) is 37.8. The van der Waals surface area contributed by atoms with E-state index >= 15 is 0 Å². The van der Waals surface area contributed by atoms with Gasteiger partial charge in [-0.05, 0) is 31.9 Å². The first kappa shape index (κ1) is 22.5. The Labute approximate surface area is 199 Å². The van der Waals surface area contributed by atoms with E-state index in [1.807, 2.05) is 17.0 Å². The number of carbonyl (C=O) groups excluding carboxylic acids is 2. The highest BCUT2D eigenvalue weighted by atomic mass is 32.1. The van der Waals surface area contributed by atoms with Crippen LogP contribution in [0.5, 0.6) is 0 Å². The molecule has 3 aliphatic rings. The Balaban J connectivity index is 1.16. The summed E-state index contributed by atoms with van der Waals surface area (Å²) >= 11 is 1.69. The number of esters is 1. The van der Waals surface area contributed by atoms with Gasteiger partial charge in [0.2, 0.25) is 5.91 Å². The molecule has 2 aliphatic heterocycles. The summed E-state index contributed by atoms with van der Waals surface area (Å²) in [6.45, 7) is 8.08. The van der Waals surface area contributed by atoms with Gasteiger partial charge in [-0.15, -0.1) is 11.3 Å². The molecule has 0 spiro atoms. The van der Waals surface area contributed by atoms with E-state index in [1.54, 1.807) is 30.4 Å². The molecule has 5 rings (SSSR count). The second-order valence-corrected chi connectivity index (χ2v) is 10.2. The van der Waals surface area contributed by atoms with E-state index in [-0.39, 0.29) is 11.9 Å². The number of benzene rings is 1. The maximum atomic E-state index is 12.9. The van der Waals surface area contributed by atoms with Gasteiger partial charge in [-0.2, -0.15) is 0 Å². The predicted molar refractivity (Wildman–Crippen MR) is 128 cm³/mol. The summed E-state index contributed by atoms with van der Waals surface area (Å²) in [6, 6.07) is 8.22. The molecule has 0 unspecified atom stereocenters. The van der Waals surface area contributed by atoms with Crippen LogP contribution in [-0.2, 0) is 22.5 Å². The van der Waals surface area contributed by atoms with E-state index < -0.39 is 0 Å². The van der Waals surface area contributed by atoms with E-state index in [4.69, 9.17) is 9.72 Å². The van der Waals surface area contributed by atoms with Crippen molar-refractivity contribution in [2.24, 2.45) is 0 Å². The highest BCUT2D eigenvalue weighted by Gasteiger charge is 2.30. The molecule has 1 saturated carbocycles. The predicted octanol–water partition coefficient (Wildman–Crippen LogP) is 3.04. The Bertz CT molecular complexity index is 994. The third-order valence-electron chi connectivity index (χ3n) is 7.07. The number of rotatable bonds is 6. The fraction of sp³-hybridized carbons (Fsp3) is 0.560. The zero-order valence-corrected chi connectivity index (χ0v) is 20.1. The molecule has 2 fully saturated rings. The zero-order chi connectivity index (χ0) is 22.8. The number of carbonyl (C=O) groups is 2. The third kappa shape index (κ3) is 4.98. The summed E-state index contributed by atoms with van der Waals surface area (Å²) in [5.74, 6) is -0.0433. The number of ether oxygens (including phenoxy) is 1. The van der Waals surface area contributed by atoms with Crippen LogP contribution in [0.3, 0.4) is 0 Å². The van der Waals surface area contributed by atoms with Crippen LogP contribution < -0.4 is 0 Å². The topological polar surface area (TPSA) is 66.0 Å². The van der Waals surface area contributed by atoms with Gasteiger partial charge in [0, 0.05) is 62.2 Å². The molecular weight excluding hydrogens is 436 g/mol. The SMILES string of the molecule is CCOC(=O)c1ccc(-c2nc3c(s2)CN(CC(=O)N2CCN(C4CCC4)CC2)CC3)cc1. The van der Waals surface area contributed by atoms with E-state index in [0.29, 0.717) is 18.7 Å².